The molecule has 0 saturated carbocycles. The molecule has 4 aromatic rings. The maximum atomic E-state index is 12.9. The normalized spacial score (nSPS) is 15.7. The standard InChI is InChI=1S/C37H42F3N5O2/c1-4-26-21-25(13-14-29(26)27-15-18-43(19-16-27)24-37(38,39)40)23-44-20-17-28-9-7-10-30(35(28)44)32-11-8-12-34(42-32)45-33(5-2)31(22-41-45)36(46)47-6-3/h7-14,21-22,27H,4-6,15-20,23-24H2,1-3H3. The molecule has 0 spiro atoms. The number of halogens is 3. The van der Waals surface area contributed by atoms with Crippen molar-refractivity contribution >= 4 is 11.7 Å². The van der Waals surface area contributed by atoms with Gasteiger partial charge in [-0.3, -0.25) is 4.90 Å². The smallest absolute Gasteiger partial charge is 0.401 e. The lowest BCUT2D eigenvalue weighted by atomic mass is 9.85. The zero-order chi connectivity index (χ0) is 33.1. The Labute approximate surface area is 274 Å². The largest absolute Gasteiger partial charge is 0.462 e. The number of carbonyl (C=O) groups is 1. The van der Waals surface area contributed by atoms with Gasteiger partial charge >= 0.3 is 12.1 Å². The molecule has 10 heteroatoms. The Bertz CT molecular complexity index is 1730. The first kappa shape index (κ1) is 32.7. The lowest BCUT2D eigenvalue weighted by Crippen LogP contribution is -2.39. The van der Waals surface area contributed by atoms with Gasteiger partial charge in [-0.25, -0.2) is 14.5 Å². The summed E-state index contributed by atoms with van der Waals surface area (Å²) in [5.74, 6) is 0.552. The number of alkyl halides is 3. The fourth-order valence-electron chi connectivity index (χ4n) is 7.22. The number of hydrogen-bond acceptors (Lipinski definition) is 6. The summed E-state index contributed by atoms with van der Waals surface area (Å²) in [6.07, 6.45) is 1.34. The van der Waals surface area contributed by atoms with Crippen molar-refractivity contribution in [2.45, 2.75) is 71.5 Å². The highest BCUT2D eigenvalue weighted by molar-refractivity contribution is 5.90. The van der Waals surface area contributed by atoms with Gasteiger partial charge in [-0.05, 0) is 92.4 Å². The van der Waals surface area contributed by atoms with Crippen molar-refractivity contribution in [3.8, 4) is 17.1 Å². The summed E-state index contributed by atoms with van der Waals surface area (Å²) in [5, 5.41) is 4.51. The minimum atomic E-state index is -4.15. The molecule has 0 atom stereocenters. The molecule has 0 N–H and O–H groups in total. The van der Waals surface area contributed by atoms with Gasteiger partial charge in [-0.2, -0.15) is 18.3 Å². The van der Waals surface area contributed by atoms with E-state index in [4.69, 9.17) is 9.72 Å². The number of pyridine rings is 1. The number of aromatic nitrogens is 3. The third kappa shape index (κ3) is 7.07. The summed E-state index contributed by atoms with van der Waals surface area (Å²) in [6.45, 7) is 8.01. The second-order valence-corrected chi connectivity index (χ2v) is 12.4. The van der Waals surface area contributed by atoms with Crippen LogP contribution in [0.4, 0.5) is 18.9 Å². The predicted octanol–water partition coefficient (Wildman–Crippen LogP) is 7.54. The molecule has 0 aliphatic carbocycles. The third-order valence-corrected chi connectivity index (χ3v) is 9.41. The predicted molar refractivity (Wildman–Crippen MR) is 177 cm³/mol. The van der Waals surface area contributed by atoms with Crippen LogP contribution in [0.1, 0.15) is 77.8 Å². The number of piperidine rings is 1. The van der Waals surface area contributed by atoms with Crippen LogP contribution in [0.25, 0.3) is 17.1 Å². The van der Waals surface area contributed by atoms with Crippen molar-refractivity contribution in [3.63, 3.8) is 0 Å². The highest BCUT2D eigenvalue weighted by atomic mass is 19.4. The minimum absolute atomic E-state index is 0.289. The number of likely N-dealkylation sites (tertiary alicyclic amines) is 1. The molecule has 6 rings (SSSR count). The summed E-state index contributed by atoms with van der Waals surface area (Å²) in [4.78, 5) is 21.5. The fourth-order valence-corrected chi connectivity index (χ4v) is 7.22. The number of para-hydroxylation sites is 1. The molecule has 2 aliphatic heterocycles. The number of hydrogen-bond donors (Lipinski definition) is 0. The van der Waals surface area contributed by atoms with Gasteiger partial charge in [-0.1, -0.05) is 56.3 Å². The van der Waals surface area contributed by atoms with E-state index in [-0.39, 0.29) is 11.9 Å². The molecule has 1 fully saturated rings. The first-order chi connectivity index (χ1) is 22.7. The Balaban J connectivity index is 1.23. The molecule has 0 unspecified atom stereocenters. The molecule has 2 aromatic carbocycles. The number of anilines is 1. The van der Waals surface area contributed by atoms with Crippen LogP contribution in [0.5, 0.6) is 0 Å². The van der Waals surface area contributed by atoms with E-state index in [2.05, 4.69) is 53.3 Å². The zero-order valence-electron chi connectivity index (χ0n) is 27.3. The highest BCUT2D eigenvalue weighted by Gasteiger charge is 2.33. The molecular weight excluding hydrogens is 603 g/mol. The Morgan fingerprint density at radius 2 is 1.77 bits per heavy atom. The quantitative estimate of drug-likeness (QED) is 0.166. The fraction of sp³-hybridized carbons (Fsp3) is 0.432. The van der Waals surface area contributed by atoms with Gasteiger partial charge in [-0.15, -0.1) is 0 Å². The van der Waals surface area contributed by atoms with E-state index < -0.39 is 12.7 Å². The summed E-state index contributed by atoms with van der Waals surface area (Å²) < 4.78 is 45.7. The van der Waals surface area contributed by atoms with Crippen LogP contribution in [0, 0.1) is 0 Å². The topological polar surface area (TPSA) is 63.5 Å². The number of benzene rings is 2. The molecule has 1 saturated heterocycles. The van der Waals surface area contributed by atoms with Crippen molar-refractivity contribution in [2.75, 3.05) is 37.7 Å². The third-order valence-electron chi connectivity index (χ3n) is 9.41. The van der Waals surface area contributed by atoms with Crippen molar-refractivity contribution in [1.29, 1.82) is 0 Å². The molecule has 0 amide bonds. The van der Waals surface area contributed by atoms with Crippen LogP contribution < -0.4 is 4.90 Å². The second kappa shape index (κ2) is 13.9. The van der Waals surface area contributed by atoms with Crippen LogP contribution in [0.2, 0.25) is 0 Å². The summed E-state index contributed by atoms with van der Waals surface area (Å²) in [5.41, 5.74) is 9.35. The first-order valence-electron chi connectivity index (χ1n) is 16.7. The molecule has 2 aromatic heterocycles. The monoisotopic (exact) mass is 645 g/mol. The van der Waals surface area contributed by atoms with Gasteiger partial charge in [0, 0.05) is 24.3 Å². The van der Waals surface area contributed by atoms with Crippen molar-refractivity contribution < 1.29 is 22.7 Å². The van der Waals surface area contributed by atoms with Crippen molar-refractivity contribution in [3.05, 3.63) is 94.3 Å². The van der Waals surface area contributed by atoms with E-state index in [1.165, 1.54) is 32.8 Å². The van der Waals surface area contributed by atoms with Gasteiger partial charge in [0.2, 0.25) is 0 Å². The minimum Gasteiger partial charge on any atom is -0.462 e. The van der Waals surface area contributed by atoms with Crippen LogP contribution in [-0.4, -0.2) is 64.6 Å². The van der Waals surface area contributed by atoms with Crippen LogP contribution >= 0.6 is 0 Å². The SMILES string of the molecule is CCOC(=O)c1cnn(-c2cccc(-c3cccc4c3N(Cc3ccc(C5CCN(CC(F)(F)F)CC5)c(CC)c3)CC4)n2)c1CC. The Kier molecular flexibility index (Phi) is 9.68. The first-order valence-corrected chi connectivity index (χ1v) is 16.7. The number of ether oxygens (including phenoxy) is 1. The van der Waals surface area contributed by atoms with E-state index in [1.807, 2.05) is 25.1 Å². The van der Waals surface area contributed by atoms with Crippen LogP contribution in [0.3, 0.4) is 0 Å². The number of esters is 1. The summed E-state index contributed by atoms with van der Waals surface area (Å²) in [6, 6.07) is 19.0. The average molecular weight is 646 g/mol. The molecule has 0 radical (unpaired) electrons. The summed E-state index contributed by atoms with van der Waals surface area (Å²) in [7, 11) is 0. The number of carbonyl (C=O) groups excluding carboxylic acids is 1. The van der Waals surface area contributed by atoms with Gasteiger partial charge in [0.15, 0.2) is 5.82 Å². The van der Waals surface area contributed by atoms with Crippen molar-refractivity contribution in [2.24, 2.45) is 0 Å². The molecule has 7 nitrogen and oxygen atoms in total. The number of rotatable bonds is 10. The number of nitrogens with zero attached hydrogens (tertiary/aromatic N) is 5. The number of aryl methyl sites for hydroxylation is 1. The Morgan fingerprint density at radius 3 is 2.49 bits per heavy atom. The summed E-state index contributed by atoms with van der Waals surface area (Å²) >= 11 is 0. The van der Waals surface area contributed by atoms with E-state index in [0.29, 0.717) is 37.5 Å². The van der Waals surface area contributed by atoms with Gasteiger partial charge in [0.1, 0.15) is 5.56 Å². The molecule has 2 aliphatic rings. The van der Waals surface area contributed by atoms with Gasteiger partial charge in [0.25, 0.3) is 0 Å². The van der Waals surface area contributed by atoms with E-state index >= 15 is 0 Å². The van der Waals surface area contributed by atoms with Gasteiger partial charge in [0.05, 0.1) is 30.7 Å². The molecular formula is C37H42F3N5O2. The molecule has 47 heavy (non-hydrogen) atoms. The van der Waals surface area contributed by atoms with E-state index in [0.717, 1.165) is 55.7 Å². The van der Waals surface area contributed by atoms with Crippen LogP contribution in [0.15, 0.2) is 60.8 Å². The maximum Gasteiger partial charge on any atom is 0.401 e. The second-order valence-electron chi connectivity index (χ2n) is 12.4. The lowest BCUT2D eigenvalue weighted by Gasteiger charge is -2.33. The van der Waals surface area contributed by atoms with E-state index in [1.54, 1.807) is 17.8 Å². The zero-order valence-corrected chi connectivity index (χ0v) is 27.3. The van der Waals surface area contributed by atoms with Crippen LogP contribution in [-0.2, 0) is 30.5 Å². The molecule has 4 heterocycles. The van der Waals surface area contributed by atoms with Gasteiger partial charge < -0.3 is 9.64 Å². The highest BCUT2D eigenvalue weighted by Crippen LogP contribution is 2.39. The Hall–Kier alpha value is -4.18. The average Bonchev–Trinajstić information content (AvgIpc) is 3.69. The maximum absolute atomic E-state index is 12.9. The lowest BCUT2D eigenvalue weighted by molar-refractivity contribution is -0.147. The van der Waals surface area contributed by atoms with E-state index in [9.17, 15) is 18.0 Å². The Morgan fingerprint density at radius 1 is 0.979 bits per heavy atom. The molecule has 0 bridgehead atoms. The molecule has 248 valence electrons. The number of fused-ring (bicyclic) bond motifs is 1. The van der Waals surface area contributed by atoms with Crippen molar-refractivity contribution in [1.82, 2.24) is 19.7 Å².